The van der Waals surface area contributed by atoms with E-state index in [1.807, 2.05) is 53.4 Å². The van der Waals surface area contributed by atoms with Crippen molar-refractivity contribution in [2.24, 2.45) is 5.92 Å². The van der Waals surface area contributed by atoms with Gasteiger partial charge >= 0.3 is 0 Å². The molecule has 0 bridgehead atoms. The largest absolute Gasteiger partial charge is 0.436 e. The van der Waals surface area contributed by atoms with Crippen LogP contribution in [0.1, 0.15) is 12.8 Å². The topological polar surface area (TPSA) is 61.8 Å². The zero-order valence-corrected chi connectivity index (χ0v) is 19.8. The summed E-state index contributed by atoms with van der Waals surface area (Å²) in [5.74, 6) is 2.04. The van der Waals surface area contributed by atoms with Gasteiger partial charge in [-0.05, 0) is 43.2 Å². The van der Waals surface area contributed by atoms with E-state index < -0.39 is 0 Å². The van der Waals surface area contributed by atoms with Gasteiger partial charge in [-0.25, -0.2) is 9.97 Å². The number of halogens is 1. The molecule has 8 heteroatoms. The molecule has 0 aliphatic carbocycles. The molecule has 1 atom stereocenters. The smallest absolute Gasteiger partial charge is 0.263 e. The van der Waals surface area contributed by atoms with Crippen molar-refractivity contribution in [3.05, 3.63) is 72.0 Å². The zero-order valence-electron chi connectivity index (χ0n) is 19.0. The molecule has 2 fully saturated rings. The molecule has 2 saturated heterocycles. The van der Waals surface area contributed by atoms with Crippen molar-refractivity contribution in [1.82, 2.24) is 14.9 Å². The Kier molecular flexibility index (Phi) is 6.81. The maximum atomic E-state index is 13.4. The molecule has 176 valence electrons. The summed E-state index contributed by atoms with van der Waals surface area (Å²) >= 11 is 6.15. The fraction of sp³-hybridized carbons (Fsp3) is 0.346. The number of amides is 1. The molecule has 2 aliphatic rings. The minimum absolute atomic E-state index is 0.0574. The molecule has 1 aromatic heterocycles. The number of anilines is 2. The number of hydrogen-bond acceptors (Lipinski definition) is 6. The van der Waals surface area contributed by atoms with Crippen LogP contribution in [0.15, 0.2) is 67.0 Å². The Morgan fingerprint density at radius 2 is 1.71 bits per heavy atom. The van der Waals surface area contributed by atoms with Crippen molar-refractivity contribution < 1.29 is 9.53 Å². The van der Waals surface area contributed by atoms with Gasteiger partial charge in [-0.1, -0.05) is 35.9 Å². The van der Waals surface area contributed by atoms with Crippen LogP contribution in [0.4, 0.5) is 11.5 Å². The standard InChI is InChI=1S/C26H28ClN5O2/c27-21-7-4-8-22(18-21)30-14-16-31(17-15-30)26(33)20-6-5-13-32(19-20)24-25(29-12-11-28-24)34-23-9-2-1-3-10-23/h1-4,7-12,18,20H,5-6,13-17,19H2. The monoisotopic (exact) mass is 477 g/mol. The van der Waals surface area contributed by atoms with E-state index in [0.717, 1.165) is 56.3 Å². The molecule has 0 spiro atoms. The van der Waals surface area contributed by atoms with Gasteiger partial charge in [0, 0.05) is 62.4 Å². The van der Waals surface area contributed by atoms with Crippen molar-refractivity contribution in [2.75, 3.05) is 49.1 Å². The second-order valence-electron chi connectivity index (χ2n) is 8.68. The Morgan fingerprint density at radius 3 is 2.50 bits per heavy atom. The lowest BCUT2D eigenvalue weighted by molar-refractivity contribution is -0.136. The predicted molar refractivity (Wildman–Crippen MR) is 134 cm³/mol. The number of ether oxygens (including phenoxy) is 1. The molecule has 2 aliphatic heterocycles. The molecule has 34 heavy (non-hydrogen) atoms. The third-order valence-electron chi connectivity index (χ3n) is 6.44. The van der Waals surface area contributed by atoms with E-state index in [4.69, 9.17) is 16.3 Å². The average Bonchev–Trinajstić information content (AvgIpc) is 2.89. The van der Waals surface area contributed by atoms with Crippen LogP contribution in [0, 0.1) is 5.92 Å². The van der Waals surface area contributed by atoms with Crippen LogP contribution >= 0.6 is 11.6 Å². The van der Waals surface area contributed by atoms with Gasteiger partial charge in [0.25, 0.3) is 5.88 Å². The Balaban J connectivity index is 1.23. The number of aromatic nitrogens is 2. The number of carbonyl (C=O) groups excluding carboxylic acids is 1. The highest BCUT2D eigenvalue weighted by Crippen LogP contribution is 2.31. The van der Waals surface area contributed by atoms with Crippen LogP contribution in [-0.4, -0.2) is 60.0 Å². The number of piperidine rings is 1. The summed E-state index contributed by atoms with van der Waals surface area (Å²) in [6, 6.07) is 17.5. The molecule has 2 aromatic carbocycles. The summed E-state index contributed by atoms with van der Waals surface area (Å²) in [5.41, 5.74) is 1.11. The molecule has 7 nitrogen and oxygen atoms in total. The Hall–Kier alpha value is -3.32. The van der Waals surface area contributed by atoms with Gasteiger partial charge in [-0.3, -0.25) is 4.79 Å². The second-order valence-corrected chi connectivity index (χ2v) is 9.11. The molecule has 0 radical (unpaired) electrons. The van der Waals surface area contributed by atoms with E-state index in [1.54, 1.807) is 12.4 Å². The quantitative estimate of drug-likeness (QED) is 0.539. The highest BCUT2D eigenvalue weighted by Gasteiger charge is 2.32. The van der Waals surface area contributed by atoms with E-state index >= 15 is 0 Å². The number of hydrogen-bond donors (Lipinski definition) is 0. The Morgan fingerprint density at radius 1 is 0.912 bits per heavy atom. The molecule has 0 saturated carbocycles. The van der Waals surface area contributed by atoms with Crippen LogP contribution < -0.4 is 14.5 Å². The molecule has 1 amide bonds. The lowest BCUT2D eigenvalue weighted by Crippen LogP contribution is -2.52. The minimum atomic E-state index is -0.0574. The maximum absolute atomic E-state index is 13.4. The number of para-hydroxylation sites is 1. The van der Waals surface area contributed by atoms with E-state index in [0.29, 0.717) is 24.0 Å². The average molecular weight is 478 g/mol. The molecule has 3 heterocycles. The first-order valence-electron chi connectivity index (χ1n) is 11.8. The van der Waals surface area contributed by atoms with E-state index in [1.165, 1.54) is 0 Å². The first kappa shape index (κ1) is 22.5. The van der Waals surface area contributed by atoms with Gasteiger partial charge in [0.1, 0.15) is 5.75 Å². The van der Waals surface area contributed by atoms with Crippen molar-refractivity contribution in [3.63, 3.8) is 0 Å². The molecule has 5 rings (SSSR count). The first-order valence-corrected chi connectivity index (χ1v) is 12.1. The van der Waals surface area contributed by atoms with Crippen LogP contribution in [0.25, 0.3) is 0 Å². The predicted octanol–water partition coefficient (Wildman–Crippen LogP) is 4.49. The zero-order chi connectivity index (χ0) is 23.3. The summed E-state index contributed by atoms with van der Waals surface area (Å²) in [6.07, 6.45) is 5.13. The van der Waals surface area contributed by atoms with Gasteiger partial charge in [0.2, 0.25) is 5.91 Å². The molecular formula is C26H28ClN5O2. The van der Waals surface area contributed by atoms with E-state index in [2.05, 4.69) is 25.8 Å². The van der Waals surface area contributed by atoms with Crippen molar-refractivity contribution >= 4 is 29.0 Å². The van der Waals surface area contributed by atoms with Gasteiger partial charge in [0.05, 0.1) is 5.92 Å². The lowest BCUT2D eigenvalue weighted by atomic mass is 9.96. The number of benzene rings is 2. The normalized spacial score (nSPS) is 18.6. The van der Waals surface area contributed by atoms with Gasteiger partial charge in [-0.2, -0.15) is 0 Å². The van der Waals surface area contributed by atoms with Crippen molar-refractivity contribution in [1.29, 1.82) is 0 Å². The first-order chi connectivity index (χ1) is 16.7. The SMILES string of the molecule is O=C(C1CCCN(c2nccnc2Oc2ccccc2)C1)N1CCN(c2cccc(Cl)c2)CC1. The summed E-state index contributed by atoms with van der Waals surface area (Å²) in [4.78, 5) is 28.8. The lowest BCUT2D eigenvalue weighted by Gasteiger charge is -2.40. The maximum Gasteiger partial charge on any atom is 0.263 e. The van der Waals surface area contributed by atoms with Crippen LogP contribution in [0.2, 0.25) is 5.02 Å². The molecule has 3 aromatic rings. The van der Waals surface area contributed by atoms with Crippen molar-refractivity contribution in [2.45, 2.75) is 12.8 Å². The fourth-order valence-corrected chi connectivity index (χ4v) is 4.88. The van der Waals surface area contributed by atoms with Gasteiger partial charge in [-0.15, -0.1) is 0 Å². The Labute approximate surface area is 204 Å². The van der Waals surface area contributed by atoms with Crippen LogP contribution in [-0.2, 0) is 4.79 Å². The molecule has 0 N–H and O–H groups in total. The van der Waals surface area contributed by atoms with E-state index in [-0.39, 0.29) is 11.8 Å². The summed E-state index contributed by atoms with van der Waals surface area (Å²) in [7, 11) is 0. The van der Waals surface area contributed by atoms with Gasteiger partial charge < -0.3 is 19.4 Å². The number of rotatable bonds is 5. The minimum Gasteiger partial charge on any atom is -0.436 e. The number of piperazine rings is 1. The number of carbonyl (C=O) groups is 1. The van der Waals surface area contributed by atoms with Crippen molar-refractivity contribution in [3.8, 4) is 11.6 Å². The molecule has 1 unspecified atom stereocenters. The van der Waals surface area contributed by atoms with Crippen LogP contribution in [0.3, 0.4) is 0 Å². The summed E-state index contributed by atoms with van der Waals surface area (Å²) < 4.78 is 6.01. The third kappa shape index (κ3) is 5.09. The van der Waals surface area contributed by atoms with Crippen LogP contribution in [0.5, 0.6) is 11.6 Å². The summed E-state index contributed by atoms with van der Waals surface area (Å²) in [6.45, 7) is 4.50. The molecular weight excluding hydrogens is 450 g/mol. The highest BCUT2D eigenvalue weighted by molar-refractivity contribution is 6.30. The van der Waals surface area contributed by atoms with E-state index in [9.17, 15) is 4.79 Å². The highest BCUT2D eigenvalue weighted by atomic mass is 35.5. The Bertz CT molecular complexity index is 1120. The van der Waals surface area contributed by atoms with Gasteiger partial charge in [0.15, 0.2) is 5.82 Å². The summed E-state index contributed by atoms with van der Waals surface area (Å²) in [5, 5.41) is 0.734. The number of nitrogens with zero attached hydrogens (tertiary/aromatic N) is 5. The fourth-order valence-electron chi connectivity index (χ4n) is 4.69. The third-order valence-corrected chi connectivity index (χ3v) is 6.67. The second kappa shape index (κ2) is 10.3.